The maximum absolute atomic E-state index is 12.4. The summed E-state index contributed by atoms with van der Waals surface area (Å²) in [5.74, 6) is 0. The summed E-state index contributed by atoms with van der Waals surface area (Å²) in [5, 5.41) is 0.774. The van der Waals surface area contributed by atoms with Crippen molar-refractivity contribution in [2.45, 2.75) is 32.0 Å². The Labute approximate surface area is 142 Å². The van der Waals surface area contributed by atoms with E-state index in [-0.39, 0.29) is 6.03 Å². The number of nitrogens with zero attached hydrogens (tertiary/aromatic N) is 3. The lowest BCUT2D eigenvalue weighted by atomic mass is 10.2. The Balaban J connectivity index is 1.78. The predicted octanol–water partition coefficient (Wildman–Crippen LogP) is 3.84. The van der Waals surface area contributed by atoms with Gasteiger partial charge in [0.2, 0.25) is 0 Å². The average Bonchev–Trinajstić information content (AvgIpc) is 3.28. The molecule has 0 atom stereocenters. The van der Waals surface area contributed by atoms with Gasteiger partial charge in [-0.2, -0.15) is 0 Å². The molecule has 0 aliphatic heterocycles. The van der Waals surface area contributed by atoms with Gasteiger partial charge in [-0.3, -0.25) is 0 Å². The van der Waals surface area contributed by atoms with Gasteiger partial charge < -0.3 is 14.4 Å². The summed E-state index contributed by atoms with van der Waals surface area (Å²) >= 11 is 6.27. The Morgan fingerprint density at radius 3 is 2.61 bits per heavy atom. The zero-order chi connectivity index (χ0) is 16.4. The highest BCUT2D eigenvalue weighted by molar-refractivity contribution is 6.31. The van der Waals surface area contributed by atoms with Gasteiger partial charge >= 0.3 is 6.03 Å². The van der Waals surface area contributed by atoms with Crippen LogP contribution >= 0.6 is 11.6 Å². The molecule has 1 aliphatic carbocycles. The van der Waals surface area contributed by atoms with E-state index in [1.165, 1.54) is 0 Å². The first-order valence-electron chi connectivity index (χ1n) is 7.91. The topological polar surface area (TPSA) is 28.5 Å². The van der Waals surface area contributed by atoms with E-state index in [9.17, 15) is 4.79 Å². The number of carbonyl (C=O) groups excluding carboxylic acids is 1. The second-order valence-electron chi connectivity index (χ2n) is 6.25. The number of rotatable bonds is 5. The van der Waals surface area contributed by atoms with E-state index < -0.39 is 0 Å². The van der Waals surface area contributed by atoms with Gasteiger partial charge in [0.05, 0.1) is 6.54 Å². The summed E-state index contributed by atoms with van der Waals surface area (Å²) in [6.07, 6.45) is 4.25. The molecular weight excluding hydrogens is 310 g/mol. The largest absolute Gasteiger partial charge is 0.345 e. The molecule has 1 fully saturated rings. The average molecular weight is 332 g/mol. The lowest BCUT2D eigenvalue weighted by Crippen LogP contribution is -2.40. The molecule has 2 amide bonds. The molecule has 0 unspecified atom stereocenters. The van der Waals surface area contributed by atoms with E-state index in [0.717, 1.165) is 35.7 Å². The van der Waals surface area contributed by atoms with E-state index in [1.54, 1.807) is 19.0 Å². The van der Waals surface area contributed by atoms with Crippen molar-refractivity contribution in [3.05, 3.63) is 58.9 Å². The summed E-state index contributed by atoms with van der Waals surface area (Å²) in [6, 6.07) is 12.4. The van der Waals surface area contributed by atoms with Gasteiger partial charge in [-0.1, -0.05) is 29.8 Å². The molecule has 1 heterocycles. The first kappa shape index (κ1) is 15.9. The third-order valence-electron chi connectivity index (χ3n) is 4.17. The van der Waals surface area contributed by atoms with Crippen LogP contribution in [0, 0.1) is 0 Å². The zero-order valence-electron chi connectivity index (χ0n) is 13.6. The Kier molecular flexibility index (Phi) is 4.62. The molecule has 0 bridgehead atoms. The van der Waals surface area contributed by atoms with Gasteiger partial charge in [0.25, 0.3) is 0 Å². The van der Waals surface area contributed by atoms with Crippen molar-refractivity contribution < 1.29 is 4.79 Å². The third-order valence-corrected chi connectivity index (χ3v) is 4.54. The van der Waals surface area contributed by atoms with E-state index in [1.807, 2.05) is 41.4 Å². The number of hydrogen-bond donors (Lipinski definition) is 0. The Hall–Kier alpha value is -1.94. The fraction of sp³-hybridized carbons (Fsp3) is 0.389. The molecule has 0 radical (unpaired) electrons. The molecule has 1 saturated carbocycles. The first-order valence-corrected chi connectivity index (χ1v) is 8.29. The summed E-state index contributed by atoms with van der Waals surface area (Å²) in [5.41, 5.74) is 2.22. The second kappa shape index (κ2) is 6.67. The van der Waals surface area contributed by atoms with E-state index in [2.05, 4.69) is 10.6 Å². The van der Waals surface area contributed by atoms with Crippen LogP contribution in [0.2, 0.25) is 5.02 Å². The second-order valence-corrected chi connectivity index (χ2v) is 6.66. The van der Waals surface area contributed by atoms with Crippen molar-refractivity contribution in [1.29, 1.82) is 0 Å². The van der Waals surface area contributed by atoms with E-state index in [4.69, 9.17) is 11.6 Å². The molecule has 1 aromatic carbocycles. The Morgan fingerprint density at radius 1 is 1.22 bits per heavy atom. The quantitative estimate of drug-likeness (QED) is 0.818. The summed E-state index contributed by atoms with van der Waals surface area (Å²) in [7, 11) is 3.61. The monoisotopic (exact) mass is 331 g/mol. The fourth-order valence-corrected chi connectivity index (χ4v) is 2.92. The number of hydrogen-bond acceptors (Lipinski definition) is 1. The molecule has 5 heteroatoms. The molecule has 1 aromatic heterocycles. The molecule has 2 aromatic rings. The van der Waals surface area contributed by atoms with Crippen LogP contribution in [0.25, 0.3) is 0 Å². The Bertz CT molecular complexity index is 691. The molecule has 4 nitrogen and oxygen atoms in total. The first-order chi connectivity index (χ1) is 11.1. The minimum atomic E-state index is 0.0815. The highest BCUT2D eigenvalue weighted by Crippen LogP contribution is 2.29. The van der Waals surface area contributed by atoms with Crippen LogP contribution in [0.15, 0.2) is 42.6 Å². The lowest BCUT2D eigenvalue weighted by molar-refractivity contribution is 0.164. The highest BCUT2D eigenvalue weighted by Gasteiger charge is 2.33. The van der Waals surface area contributed by atoms with Crippen LogP contribution in [0.5, 0.6) is 0 Å². The van der Waals surface area contributed by atoms with Crippen LogP contribution in [0.1, 0.15) is 24.1 Å². The normalized spacial score (nSPS) is 13.9. The molecular formula is C18H22ClN3O. The van der Waals surface area contributed by atoms with Gasteiger partial charge in [-0.05, 0) is 36.6 Å². The summed E-state index contributed by atoms with van der Waals surface area (Å²) < 4.78 is 2.17. The van der Waals surface area contributed by atoms with E-state index in [0.29, 0.717) is 12.6 Å². The molecule has 0 saturated heterocycles. The number of benzene rings is 1. The van der Waals surface area contributed by atoms with Crippen molar-refractivity contribution >= 4 is 17.6 Å². The SMILES string of the molecule is CN(C)C(=O)N(Cc1cccn1Cc1ccccc1Cl)C1CC1. The minimum Gasteiger partial charge on any atom is -0.345 e. The van der Waals surface area contributed by atoms with Crippen LogP contribution in [-0.4, -0.2) is 40.5 Å². The molecule has 0 spiro atoms. The maximum Gasteiger partial charge on any atom is 0.320 e. The van der Waals surface area contributed by atoms with Gasteiger partial charge in [0.1, 0.15) is 0 Å². The number of halogens is 1. The lowest BCUT2D eigenvalue weighted by Gasteiger charge is -2.26. The fourth-order valence-electron chi connectivity index (χ4n) is 2.73. The van der Waals surface area contributed by atoms with Crippen molar-refractivity contribution in [1.82, 2.24) is 14.4 Å². The van der Waals surface area contributed by atoms with Crippen LogP contribution in [0.4, 0.5) is 4.79 Å². The van der Waals surface area contributed by atoms with Gasteiger partial charge in [-0.15, -0.1) is 0 Å². The van der Waals surface area contributed by atoms with Crippen LogP contribution in [-0.2, 0) is 13.1 Å². The molecule has 0 N–H and O–H groups in total. The predicted molar refractivity (Wildman–Crippen MR) is 92.6 cm³/mol. The molecule has 3 rings (SSSR count). The molecule has 122 valence electrons. The third kappa shape index (κ3) is 3.70. The van der Waals surface area contributed by atoms with Gasteiger partial charge in [0.15, 0.2) is 0 Å². The smallest absolute Gasteiger partial charge is 0.320 e. The van der Waals surface area contributed by atoms with Crippen molar-refractivity contribution in [3.63, 3.8) is 0 Å². The standard InChI is InChI=1S/C18H22ClN3O/c1-20(2)18(23)22(15-9-10-15)13-16-7-5-11-21(16)12-14-6-3-4-8-17(14)19/h3-8,11,15H,9-10,12-13H2,1-2H3. The van der Waals surface area contributed by atoms with Crippen LogP contribution < -0.4 is 0 Å². The van der Waals surface area contributed by atoms with Crippen molar-refractivity contribution in [3.8, 4) is 0 Å². The zero-order valence-corrected chi connectivity index (χ0v) is 14.3. The molecule has 23 heavy (non-hydrogen) atoms. The number of urea groups is 1. The minimum absolute atomic E-state index is 0.0815. The number of aromatic nitrogens is 1. The number of amides is 2. The van der Waals surface area contributed by atoms with Crippen LogP contribution in [0.3, 0.4) is 0 Å². The Morgan fingerprint density at radius 2 is 1.96 bits per heavy atom. The van der Waals surface area contributed by atoms with Gasteiger partial charge in [-0.25, -0.2) is 4.79 Å². The van der Waals surface area contributed by atoms with Gasteiger partial charge in [0, 0.05) is 43.6 Å². The maximum atomic E-state index is 12.4. The highest BCUT2D eigenvalue weighted by atomic mass is 35.5. The number of carbonyl (C=O) groups is 1. The van der Waals surface area contributed by atoms with Crippen molar-refractivity contribution in [2.75, 3.05) is 14.1 Å². The van der Waals surface area contributed by atoms with E-state index >= 15 is 0 Å². The summed E-state index contributed by atoms with van der Waals surface area (Å²) in [6.45, 7) is 1.36. The summed E-state index contributed by atoms with van der Waals surface area (Å²) in [4.78, 5) is 16.0. The van der Waals surface area contributed by atoms with Crippen molar-refractivity contribution in [2.24, 2.45) is 0 Å². The molecule has 1 aliphatic rings.